The molecule has 9 nitrogen and oxygen atoms in total. The van der Waals surface area contributed by atoms with Crippen molar-refractivity contribution in [1.82, 2.24) is 15.3 Å². The van der Waals surface area contributed by atoms with Crippen molar-refractivity contribution in [3.05, 3.63) is 60.9 Å². The highest BCUT2D eigenvalue weighted by Crippen LogP contribution is 2.22. The monoisotopic (exact) mass is 374 g/mol. The number of pyridine rings is 1. The van der Waals surface area contributed by atoms with Crippen LogP contribution in [0.4, 0.5) is 10.5 Å². The quantitative estimate of drug-likeness (QED) is 0.621. The maximum Gasteiger partial charge on any atom is 0.319 e. The molecule has 0 saturated heterocycles. The number of oxazole rings is 1. The normalized spacial score (nSPS) is 11.1. The van der Waals surface area contributed by atoms with Crippen LogP contribution >= 0.6 is 0 Å². The fourth-order valence-electron chi connectivity index (χ4n) is 2.06. The molecule has 0 aliphatic rings. The first-order chi connectivity index (χ1) is 12.4. The van der Waals surface area contributed by atoms with Gasteiger partial charge < -0.3 is 20.2 Å². The summed E-state index contributed by atoms with van der Waals surface area (Å²) in [4.78, 5) is 19.1. The van der Waals surface area contributed by atoms with Crippen LogP contribution in [0.15, 0.2) is 69.4 Å². The van der Waals surface area contributed by atoms with E-state index in [0.717, 1.165) is 6.20 Å². The molecular formula is C16H14N4O5S. The van der Waals surface area contributed by atoms with Gasteiger partial charge in [0.15, 0.2) is 6.39 Å². The van der Waals surface area contributed by atoms with E-state index < -0.39 is 15.9 Å². The molecule has 3 aromatic rings. The Hall–Kier alpha value is -3.40. The van der Waals surface area contributed by atoms with Gasteiger partial charge >= 0.3 is 6.03 Å². The van der Waals surface area contributed by atoms with E-state index in [1.807, 2.05) is 0 Å². The number of sulfone groups is 1. The van der Waals surface area contributed by atoms with Gasteiger partial charge in [0.2, 0.25) is 15.7 Å². The number of carbonyl (C=O) groups excluding carboxylic acids is 1. The van der Waals surface area contributed by atoms with E-state index in [9.17, 15) is 13.2 Å². The minimum atomic E-state index is -3.76. The van der Waals surface area contributed by atoms with Gasteiger partial charge in [-0.3, -0.25) is 0 Å². The number of hydrogen-bond acceptors (Lipinski definition) is 7. The highest BCUT2D eigenvalue weighted by atomic mass is 32.2. The van der Waals surface area contributed by atoms with Crippen molar-refractivity contribution in [1.29, 1.82) is 0 Å². The van der Waals surface area contributed by atoms with Gasteiger partial charge in [-0.2, -0.15) is 0 Å². The van der Waals surface area contributed by atoms with Gasteiger partial charge in [0.25, 0.3) is 0 Å². The second kappa shape index (κ2) is 7.23. The van der Waals surface area contributed by atoms with E-state index in [-0.39, 0.29) is 22.2 Å². The van der Waals surface area contributed by atoms with Crippen LogP contribution in [-0.2, 0) is 16.4 Å². The van der Waals surface area contributed by atoms with Gasteiger partial charge in [0.05, 0.1) is 22.5 Å². The summed E-state index contributed by atoms with van der Waals surface area (Å²) >= 11 is 0. The van der Waals surface area contributed by atoms with Crippen molar-refractivity contribution >= 4 is 21.6 Å². The third-order valence-electron chi connectivity index (χ3n) is 3.36. The molecule has 0 fully saturated rings. The molecule has 0 saturated carbocycles. The SMILES string of the molecule is O=C(NCc1cnco1)Nc1ccc(S(=O)(=O)c2ccc(O)nc2)cc1. The number of aromatic nitrogens is 2. The summed E-state index contributed by atoms with van der Waals surface area (Å²) < 4.78 is 29.9. The Kier molecular flexibility index (Phi) is 4.85. The molecule has 2 heterocycles. The van der Waals surface area contributed by atoms with Crippen molar-refractivity contribution in [2.24, 2.45) is 0 Å². The summed E-state index contributed by atoms with van der Waals surface area (Å²) in [6, 6.07) is 7.66. The predicted octanol–water partition coefficient (Wildman–Crippen LogP) is 1.93. The molecule has 3 rings (SSSR count). The standard InChI is InChI=1S/C16H14N4O5S/c21-15-6-5-14(9-18-15)26(23,24)13-3-1-11(2-4-13)20-16(22)19-8-12-7-17-10-25-12/h1-7,9-10H,8H2,(H,18,21)(H2,19,20,22). The lowest BCUT2D eigenvalue weighted by Gasteiger charge is -2.08. The van der Waals surface area contributed by atoms with Crippen LogP contribution in [-0.4, -0.2) is 29.5 Å². The highest BCUT2D eigenvalue weighted by Gasteiger charge is 2.18. The summed E-state index contributed by atoms with van der Waals surface area (Å²) in [6.45, 7) is 0.173. The molecule has 10 heteroatoms. The summed E-state index contributed by atoms with van der Waals surface area (Å²) in [5, 5.41) is 14.3. The Labute approximate surface area is 148 Å². The molecule has 134 valence electrons. The first-order valence-corrected chi connectivity index (χ1v) is 8.86. The minimum Gasteiger partial charge on any atom is -0.493 e. The fourth-order valence-corrected chi connectivity index (χ4v) is 3.26. The second-order valence-electron chi connectivity index (χ2n) is 5.16. The lowest BCUT2D eigenvalue weighted by Crippen LogP contribution is -2.27. The third kappa shape index (κ3) is 3.98. The second-order valence-corrected chi connectivity index (χ2v) is 7.11. The zero-order chi connectivity index (χ0) is 18.6. The molecule has 0 aliphatic carbocycles. The molecule has 2 aromatic heterocycles. The van der Waals surface area contributed by atoms with Crippen molar-refractivity contribution in [2.75, 3.05) is 5.32 Å². The maximum absolute atomic E-state index is 12.5. The van der Waals surface area contributed by atoms with Crippen molar-refractivity contribution < 1.29 is 22.7 Å². The Balaban J connectivity index is 1.66. The first-order valence-electron chi connectivity index (χ1n) is 7.37. The average Bonchev–Trinajstić information content (AvgIpc) is 3.14. The molecule has 1 aromatic carbocycles. The molecule has 3 N–H and O–H groups in total. The minimum absolute atomic E-state index is 0.0395. The molecule has 0 unspecified atom stereocenters. The van der Waals surface area contributed by atoms with Gasteiger partial charge in [0.1, 0.15) is 5.76 Å². The summed E-state index contributed by atoms with van der Waals surface area (Å²) in [7, 11) is -3.76. The lowest BCUT2D eigenvalue weighted by molar-refractivity contribution is 0.251. The number of hydrogen-bond donors (Lipinski definition) is 3. The zero-order valence-corrected chi connectivity index (χ0v) is 14.1. The smallest absolute Gasteiger partial charge is 0.319 e. The Morgan fingerprint density at radius 1 is 1.08 bits per heavy atom. The van der Waals surface area contributed by atoms with Crippen molar-refractivity contribution in [2.45, 2.75) is 16.3 Å². The van der Waals surface area contributed by atoms with Crippen LogP contribution in [0.25, 0.3) is 0 Å². The Morgan fingerprint density at radius 2 is 1.81 bits per heavy atom. The molecule has 2 amide bonds. The van der Waals surface area contributed by atoms with E-state index in [1.54, 1.807) is 0 Å². The average molecular weight is 374 g/mol. The predicted molar refractivity (Wildman–Crippen MR) is 90.2 cm³/mol. The third-order valence-corrected chi connectivity index (χ3v) is 5.12. The number of nitrogens with one attached hydrogen (secondary N) is 2. The van der Waals surface area contributed by atoms with Gasteiger partial charge in [-0.25, -0.2) is 23.2 Å². The van der Waals surface area contributed by atoms with Crippen LogP contribution in [0.3, 0.4) is 0 Å². The number of amides is 2. The Bertz CT molecular complexity index is 984. The van der Waals surface area contributed by atoms with E-state index in [1.165, 1.54) is 49.0 Å². The van der Waals surface area contributed by atoms with E-state index in [4.69, 9.17) is 9.52 Å². The molecule has 0 bridgehead atoms. The number of aromatic hydroxyl groups is 1. The van der Waals surface area contributed by atoms with Crippen molar-refractivity contribution in [3.63, 3.8) is 0 Å². The summed E-state index contributed by atoms with van der Waals surface area (Å²) in [5.41, 5.74) is 0.419. The highest BCUT2D eigenvalue weighted by molar-refractivity contribution is 7.91. The number of rotatable bonds is 5. The number of urea groups is 1. The molecule has 0 aliphatic heterocycles. The van der Waals surface area contributed by atoms with E-state index >= 15 is 0 Å². The molecular weight excluding hydrogens is 360 g/mol. The van der Waals surface area contributed by atoms with Gasteiger partial charge in [-0.1, -0.05) is 0 Å². The summed E-state index contributed by atoms with van der Waals surface area (Å²) in [6.07, 6.45) is 3.82. The van der Waals surface area contributed by atoms with Crippen LogP contribution in [0.5, 0.6) is 5.88 Å². The number of nitrogens with zero attached hydrogens (tertiary/aromatic N) is 2. The number of carbonyl (C=O) groups is 1. The van der Waals surface area contributed by atoms with Gasteiger partial charge in [0, 0.05) is 18.0 Å². The molecule has 0 spiro atoms. The zero-order valence-electron chi connectivity index (χ0n) is 13.3. The lowest BCUT2D eigenvalue weighted by atomic mass is 10.3. The maximum atomic E-state index is 12.5. The van der Waals surface area contributed by atoms with Crippen molar-refractivity contribution in [3.8, 4) is 5.88 Å². The first kappa shape index (κ1) is 17.4. The van der Waals surface area contributed by atoms with Gasteiger partial charge in [-0.05, 0) is 30.3 Å². The van der Waals surface area contributed by atoms with Gasteiger partial charge in [-0.15, -0.1) is 0 Å². The molecule has 0 radical (unpaired) electrons. The molecule has 0 atom stereocenters. The summed E-state index contributed by atoms with van der Waals surface area (Å²) in [5.74, 6) is 0.240. The Morgan fingerprint density at radius 3 is 2.42 bits per heavy atom. The number of benzene rings is 1. The van der Waals surface area contributed by atoms with Crippen LogP contribution in [0.1, 0.15) is 5.76 Å². The van der Waals surface area contributed by atoms with Crippen LogP contribution < -0.4 is 10.6 Å². The van der Waals surface area contributed by atoms with Crippen LogP contribution in [0.2, 0.25) is 0 Å². The van der Waals surface area contributed by atoms with E-state index in [0.29, 0.717) is 11.4 Å². The van der Waals surface area contributed by atoms with E-state index in [2.05, 4.69) is 20.6 Å². The van der Waals surface area contributed by atoms with Crippen LogP contribution in [0, 0.1) is 0 Å². The largest absolute Gasteiger partial charge is 0.493 e. The molecule has 26 heavy (non-hydrogen) atoms. The fraction of sp³-hybridized carbons (Fsp3) is 0.0625. The topological polar surface area (TPSA) is 134 Å². The number of anilines is 1.